The number of rotatable bonds is 5. The zero-order chi connectivity index (χ0) is 14.2. The van der Waals surface area contributed by atoms with Crippen LogP contribution in [0.1, 0.15) is 11.3 Å². The third kappa shape index (κ3) is 5.79. The summed E-state index contributed by atoms with van der Waals surface area (Å²) in [4.78, 5) is 6.41. The van der Waals surface area contributed by atoms with Gasteiger partial charge < -0.3 is 14.6 Å². The van der Waals surface area contributed by atoms with Crippen LogP contribution in [-0.2, 0) is 13.0 Å². The quantitative estimate of drug-likeness (QED) is 0.477. The van der Waals surface area contributed by atoms with Gasteiger partial charge >= 0.3 is 0 Å². The molecular weight excluding hydrogens is 377 g/mol. The molecule has 0 amide bonds. The van der Waals surface area contributed by atoms with Crippen LogP contribution in [-0.4, -0.2) is 31.5 Å². The Morgan fingerprint density at radius 3 is 2.57 bits per heavy atom. The molecule has 0 spiro atoms. The van der Waals surface area contributed by atoms with Crippen LogP contribution in [0.4, 0.5) is 0 Å². The monoisotopic (exact) mass is 399 g/mol. The molecule has 2 rings (SSSR count). The minimum absolute atomic E-state index is 0. The fraction of sp³-hybridized carbons (Fsp3) is 0.312. The molecular formula is C16H22IN3O. The van der Waals surface area contributed by atoms with Crippen molar-refractivity contribution in [2.75, 3.05) is 20.6 Å². The van der Waals surface area contributed by atoms with E-state index >= 15 is 0 Å². The Hall–Kier alpha value is -1.50. The maximum Gasteiger partial charge on any atom is 0.193 e. The van der Waals surface area contributed by atoms with E-state index in [1.54, 1.807) is 13.3 Å². The van der Waals surface area contributed by atoms with Gasteiger partial charge in [-0.15, -0.1) is 24.0 Å². The lowest BCUT2D eigenvalue weighted by molar-refractivity contribution is 0.470. The summed E-state index contributed by atoms with van der Waals surface area (Å²) in [6, 6.07) is 14.3. The molecule has 0 saturated heterocycles. The van der Waals surface area contributed by atoms with Gasteiger partial charge in [0.1, 0.15) is 5.76 Å². The molecule has 4 nitrogen and oxygen atoms in total. The van der Waals surface area contributed by atoms with E-state index in [0.29, 0.717) is 0 Å². The molecule has 0 aliphatic heterocycles. The second-order valence-electron chi connectivity index (χ2n) is 4.65. The highest BCUT2D eigenvalue weighted by molar-refractivity contribution is 14.0. The summed E-state index contributed by atoms with van der Waals surface area (Å²) in [5, 5.41) is 3.34. The molecule has 0 fully saturated rings. The van der Waals surface area contributed by atoms with Crippen LogP contribution >= 0.6 is 24.0 Å². The molecule has 0 unspecified atom stereocenters. The summed E-state index contributed by atoms with van der Waals surface area (Å²) in [5.41, 5.74) is 1.27. The average Bonchev–Trinajstić information content (AvgIpc) is 2.98. The summed E-state index contributed by atoms with van der Waals surface area (Å²) in [6.45, 7) is 1.64. The van der Waals surface area contributed by atoms with Crippen molar-refractivity contribution in [1.82, 2.24) is 10.2 Å². The number of guanidine groups is 1. The van der Waals surface area contributed by atoms with Gasteiger partial charge in [-0.2, -0.15) is 0 Å². The van der Waals surface area contributed by atoms with Crippen molar-refractivity contribution in [3.8, 4) is 0 Å². The van der Waals surface area contributed by atoms with E-state index in [0.717, 1.165) is 31.2 Å². The maximum absolute atomic E-state index is 5.31. The zero-order valence-electron chi connectivity index (χ0n) is 12.5. The molecule has 0 bridgehead atoms. The Kier molecular flexibility index (Phi) is 7.89. The Labute approximate surface area is 143 Å². The standard InChI is InChI=1S/C16H21N3O.HI/c1-17-16(18-11-10-15-9-6-12-20-15)19(2)13-14-7-4-3-5-8-14;/h3-9,12H,10-11,13H2,1-2H3,(H,17,18);1H. The molecule has 0 saturated carbocycles. The van der Waals surface area contributed by atoms with Gasteiger partial charge in [-0.1, -0.05) is 30.3 Å². The summed E-state index contributed by atoms with van der Waals surface area (Å²) < 4.78 is 5.31. The normalized spacial score (nSPS) is 10.9. The van der Waals surface area contributed by atoms with Gasteiger partial charge in [-0.3, -0.25) is 4.99 Å². The topological polar surface area (TPSA) is 40.8 Å². The summed E-state index contributed by atoms with van der Waals surface area (Å²) >= 11 is 0. The summed E-state index contributed by atoms with van der Waals surface area (Å²) in [6.07, 6.45) is 2.55. The van der Waals surface area contributed by atoms with Crippen molar-refractivity contribution >= 4 is 29.9 Å². The van der Waals surface area contributed by atoms with Gasteiger partial charge in [-0.05, 0) is 17.7 Å². The van der Waals surface area contributed by atoms with Crippen LogP contribution in [0.15, 0.2) is 58.1 Å². The summed E-state index contributed by atoms with van der Waals surface area (Å²) in [5.74, 6) is 1.87. The Morgan fingerprint density at radius 1 is 1.19 bits per heavy atom. The van der Waals surface area contributed by atoms with Crippen molar-refractivity contribution in [1.29, 1.82) is 0 Å². The third-order valence-corrected chi connectivity index (χ3v) is 3.07. The first-order valence-corrected chi connectivity index (χ1v) is 6.77. The lowest BCUT2D eigenvalue weighted by Crippen LogP contribution is -2.39. The Bertz CT molecular complexity index is 526. The molecule has 1 aromatic heterocycles. The SMILES string of the molecule is CN=C(NCCc1ccco1)N(C)Cc1ccccc1.I. The van der Waals surface area contributed by atoms with Crippen molar-refractivity contribution in [3.63, 3.8) is 0 Å². The van der Waals surface area contributed by atoms with Gasteiger partial charge in [0.15, 0.2) is 5.96 Å². The molecule has 0 radical (unpaired) electrons. The van der Waals surface area contributed by atoms with E-state index in [-0.39, 0.29) is 24.0 Å². The number of aliphatic imine (C=N–C) groups is 1. The first-order chi connectivity index (χ1) is 9.79. The maximum atomic E-state index is 5.31. The third-order valence-electron chi connectivity index (χ3n) is 3.07. The van der Waals surface area contributed by atoms with Crippen molar-refractivity contribution in [2.45, 2.75) is 13.0 Å². The first kappa shape index (κ1) is 17.6. The fourth-order valence-electron chi connectivity index (χ4n) is 2.07. The van der Waals surface area contributed by atoms with E-state index < -0.39 is 0 Å². The summed E-state index contributed by atoms with van der Waals surface area (Å²) in [7, 11) is 3.84. The highest BCUT2D eigenvalue weighted by Gasteiger charge is 2.06. The van der Waals surface area contributed by atoms with E-state index in [2.05, 4.69) is 39.5 Å². The lowest BCUT2D eigenvalue weighted by Gasteiger charge is -2.22. The Morgan fingerprint density at radius 2 is 1.95 bits per heavy atom. The van der Waals surface area contributed by atoms with Crippen LogP contribution in [0.3, 0.4) is 0 Å². The van der Waals surface area contributed by atoms with Gasteiger partial charge in [0.25, 0.3) is 0 Å². The Balaban J connectivity index is 0.00000220. The number of halogens is 1. The van der Waals surface area contributed by atoms with E-state index in [1.807, 2.05) is 25.2 Å². The number of nitrogens with one attached hydrogen (secondary N) is 1. The van der Waals surface area contributed by atoms with E-state index in [9.17, 15) is 0 Å². The second-order valence-corrected chi connectivity index (χ2v) is 4.65. The minimum Gasteiger partial charge on any atom is -0.469 e. The van der Waals surface area contributed by atoms with Crippen LogP contribution < -0.4 is 5.32 Å². The predicted molar refractivity (Wildman–Crippen MR) is 97.1 cm³/mol. The largest absolute Gasteiger partial charge is 0.469 e. The minimum atomic E-state index is 0. The van der Waals surface area contributed by atoms with E-state index in [1.165, 1.54) is 5.56 Å². The average molecular weight is 399 g/mol. The number of nitrogens with zero attached hydrogens (tertiary/aromatic N) is 2. The lowest BCUT2D eigenvalue weighted by atomic mass is 10.2. The van der Waals surface area contributed by atoms with E-state index in [4.69, 9.17) is 4.42 Å². The molecule has 2 aromatic rings. The second kappa shape index (κ2) is 9.44. The van der Waals surface area contributed by atoms with Crippen molar-refractivity contribution in [3.05, 3.63) is 60.1 Å². The smallest absolute Gasteiger partial charge is 0.193 e. The van der Waals surface area contributed by atoms with Crippen LogP contribution in [0.2, 0.25) is 0 Å². The van der Waals surface area contributed by atoms with Crippen LogP contribution in [0, 0.1) is 0 Å². The van der Waals surface area contributed by atoms with Gasteiger partial charge in [0.2, 0.25) is 0 Å². The first-order valence-electron chi connectivity index (χ1n) is 6.77. The number of hydrogen-bond donors (Lipinski definition) is 1. The molecule has 1 heterocycles. The molecule has 0 aliphatic carbocycles. The molecule has 0 atom stereocenters. The fourth-order valence-corrected chi connectivity index (χ4v) is 2.07. The van der Waals surface area contributed by atoms with Gasteiger partial charge in [0.05, 0.1) is 6.26 Å². The number of benzene rings is 1. The highest BCUT2D eigenvalue weighted by atomic mass is 127. The van der Waals surface area contributed by atoms with Crippen LogP contribution in [0.25, 0.3) is 0 Å². The van der Waals surface area contributed by atoms with Gasteiger partial charge in [0, 0.05) is 33.6 Å². The molecule has 114 valence electrons. The molecule has 1 aromatic carbocycles. The number of hydrogen-bond acceptors (Lipinski definition) is 2. The van der Waals surface area contributed by atoms with Crippen molar-refractivity contribution in [2.24, 2.45) is 4.99 Å². The van der Waals surface area contributed by atoms with Crippen LogP contribution in [0.5, 0.6) is 0 Å². The molecule has 21 heavy (non-hydrogen) atoms. The number of furan rings is 1. The highest BCUT2D eigenvalue weighted by Crippen LogP contribution is 2.03. The molecule has 1 N–H and O–H groups in total. The van der Waals surface area contributed by atoms with Crippen molar-refractivity contribution < 1.29 is 4.42 Å². The molecule has 0 aliphatic rings. The zero-order valence-corrected chi connectivity index (χ0v) is 14.8. The van der Waals surface area contributed by atoms with Gasteiger partial charge in [-0.25, -0.2) is 0 Å². The molecule has 5 heteroatoms. The predicted octanol–water partition coefficient (Wildman–Crippen LogP) is 3.15.